The van der Waals surface area contributed by atoms with Crippen molar-refractivity contribution in [3.63, 3.8) is 0 Å². The zero-order chi connectivity index (χ0) is 21.2. The monoisotopic (exact) mass is 404 g/mol. The molecule has 11 heteroatoms. The van der Waals surface area contributed by atoms with E-state index >= 15 is 0 Å². The van der Waals surface area contributed by atoms with E-state index in [0.29, 0.717) is 16.1 Å². The zero-order valence-electron chi connectivity index (χ0n) is 14.9. The van der Waals surface area contributed by atoms with Crippen molar-refractivity contribution in [2.45, 2.75) is 19.1 Å². The van der Waals surface area contributed by atoms with Crippen molar-refractivity contribution in [2.75, 3.05) is 0 Å². The molecule has 9 nitrogen and oxygen atoms in total. The number of nitro groups is 1. The number of ether oxygens (including phenoxy) is 1. The van der Waals surface area contributed by atoms with E-state index in [2.05, 4.69) is 15.2 Å². The first-order valence-corrected chi connectivity index (χ1v) is 8.21. The summed E-state index contributed by atoms with van der Waals surface area (Å²) in [4.78, 5) is 35.1. The van der Waals surface area contributed by atoms with E-state index in [9.17, 15) is 28.5 Å². The van der Waals surface area contributed by atoms with E-state index in [-0.39, 0.29) is 11.4 Å². The van der Waals surface area contributed by atoms with Gasteiger partial charge in [-0.1, -0.05) is 12.1 Å². The number of nitrogens with one attached hydrogen (secondary N) is 1. The Morgan fingerprint density at radius 1 is 1.17 bits per heavy atom. The molecule has 1 aliphatic heterocycles. The van der Waals surface area contributed by atoms with Gasteiger partial charge in [-0.05, 0) is 42.3 Å². The second-order valence-electron chi connectivity index (χ2n) is 6.17. The van der Waals surface area contributed by atoms with Gasteiger partial charge in [0.15, 0.2) is 0 Å². The van der Waals surface area contributed by atoms with Crippen LogP contribution in [0.25, 0.3) is 0 Å². The van der Waals surface area contributed by atoms with Gasteiger partial charge in [0.2, 0.25) is 0 Å². The molecule has 3 amide bonds. The average molecular weight is 404 g/mol. The van der Waals surface area contributed by atoms with Crippen LogP contribution < -0.4 is 10.1 Å². The van der Waals surface area contributed by atoms with Crippen LogP contribution in [0.15, 0.2) is 53.6 Å². The smallest absolute Gasteiger partial charge is 0.387 e. The van der Waals surface area contributed by atoms with Crippen LogP contribution in [-0.4, -0.2) is 34.7 Å². The van der Waals surface area contributed by atoms with Crippen molar-refractivity contribution in [2.24, 2.45) is 5.10 Å². The Labute approximate surface area is 162 Å². The number of carbonyl (C=O) groups excluding carboxylic acids is 2. The highest BCUT2D eigenvalue weighted by Gasteiger charge is 2.49. The number of hydrogen-bond acceptors (Lipinski definition) is 6. The Morgan fingerprint density at radius 3 is 2.34 bits per heavy atom. The van der Waals surface area contributed by atoms with Gasteiger partial charge in [0, 0.05) is 12.1 Å². The summed E-state index contributed by atoms with van der Waals surface area (Å²) in [5.41, 5.74) is -0.763. The van der Waals surface area contributed by atoms with Gasteiger partial charge in [-0.25, -0.2) is 4.79 Å². The number of rotatable bonds is 6. The number of carbonyl (C=O) groups is 2. The number of hydrazone groups is 1. The number of nitro benzene ring substituents is 1. The summed E-state index contributed by atoms with van der Waals surface area (Å²) < 4.78 is 28.8. The molecule has 0 saturated carbocycles. The maximum absolute atomic E-state index is 12.8. The Morgan fingerprint density at radius 2 is 1.79 bits per heavy atom. The van der Waals surface area contributed by atoms with E-state index in [1.54, 1.807) is 0 Å². The number of non-ortho nitro benzene ring substituents is 1. The van der Waals surface area contributed by atoms with Crippen LogP contribution in [-0.2, 0) is 10.3 Å². The Hall–Kier alpha value is -3.89. The lowest BCUT2D eigenvalue weighted by Gasteiger charge is -2.21. The van der Waals surface area contributed by atoms with Crippen LogP contribution in [0.1, 0.15) is 18.1 Å². The molecule has 150 valence electrons. The number of alkyl halides is 2. The second kappa shape index (κ2) is 7.62. The minimum Gasteiger partial charge on any atom is -0.435 e. The average Bonchev–Trinajstić information content (AvgIpc) is 2.90. The van der Waals surface area contributed by atoms with Crippen LogP contribution >= 0.6 is 0 Å². The number of nitrogens with zero attached hydrogens (tertiary/aromatic N) is 3. The van der Waals surface area contributed by atoms with Gasteiger partial charge in [0.25, 0.3) is 11.6 Å². The molecular weight excluding hydrogens is 390 g/mol. The van der Waals surface area contributed by atoms with Crippen molar-refractivity contribution >= 4 is 23.8 Å². The third-order valence-electron chi connectivity index (χ3n) is 4.25. The fourth-order valence-corrected chi connectivity index (χ4v) is 2.70. The maximum Gasteiger partial charge on any atom is 0.387 e. The summed E-state index contributed by atoms with van der Waals surface area (Å²) in [6.07, 6.45) is 1.21. The van der Waals surface area contributed by atoms with E-state index < -0.39 is 29.0 Å². The first-order chi connectivity index (χ1) is 13.7. The lowest BCUT2D eigenvalue weighted by molar-refractivity contribution is -0.384. The summed E-state index contributed by atoms with van der Waals surface area (Å²) in [6, 6.07) is 9.88. The van der Waals surface area contributed by atoms with Crippen LogP contribution in [0.4, 0.5) is 19.3 Å². The molecule has 2 aromatic rings. The highest BCUT2D eigenvalue weighted by Crippen LogP contribution is 2.30. The molecule has 1 heterocycles. The van der Waals surface area contributed by atoms with E-state index in [0.717, 1.165) is 0 Å². The van der Waals surface area contributed by atoms with Gasteiger partial charge in [-0.2, -0.15) is 13.9 Å². The fourth-order valence-electron chi connectivity index (χ4n) is 2.70. The second-order valence-corrected chi connectivity index (χ2v) is 6.17. The third kappa shape index (κ3) is 4.03. The SMILES string of the molecule is CC1(c2ccc(OC(F)F)cc2)NC(=O)N(/N=C/c2ccc([N+](=O)[O-])cc2)C1=O. The van der Waals surface area contributed by atoms with Crippen molar-refractivity contribution in [3.05, 3.63) is 69.8 Å². The number of imide groups is 1. The number of benzene rings is 2. The normalized spacial score (nSPS) is 19.1. The fraction of sp³-hybridized carbons (Fsp3) is 0.167. The predicted octanol–water partition coefficient (Wildman–Crippen LogP) is 3.00. The lowest BCUT2D eigenvalue weighted by Crippen LogP contribution is -2.40. The number of amides is 3. The molecule has 1 aliphatic rings. The largest absolute Gasteiger partial charge is 0.435 e. The van der Waals surface area contributed by atoms with Gasteiger partial charge in [-0.3, -0.25) is 14.9 Å². The van der Waals surface area contributed by atoms with Gasteiger partial charge in [0.1, 0.15) is 11.3 Å². The summed E-state index contributed by atoms with van der Waals surface area (Å²) in [7, 11) is 0. The molecule has 1 fully saturated rings. The Kier molecular flexibility index (Phi) is 5.22. The van der Waals surface area contributed by atoms with Crippen molar-refractivity contribution in [1.29, 1.82) is 0 Å². The number of hydrogen-bond donors (Lipinski definition) is 1. The van der Waals surface area contributed by atoms with Crippen LogP contribution in [0, 0.1) is 10.1 Å². The Balaban J connectivity index is 1.78. The summed E-state index contributed by atoms with van der Waals surface area (Å²) in [5.74, 6) is -0.764. The van der Waals surface area contributed by atoms with Crippen molar-refractivity contribution in [3.8, 4) is 5.75 Å². The van der Waals surface area contributed by atoms with Gasteiger partial charge >= 0.3 is 12.6 Å². The van der Waals surface area contributed by atoms with Crippen molar-refractivity contribution < 1.29 is 28.0 Å². The predicted molar refractivity (Wildman–Crippen MR) is 96.5 cm³/mol. The minimum absolute atomic E-state index is 0.0860. The summed E-state index contributed by atoms with van der Waals surface area (Å²) >= 11 is 0. The molecule has 3 rings (SSSR count). The van der Waals surface area contributed by atoms with E-state index in [1.165, 1.54) is 61.7 Å². The summed E-state index contributed by atoms with van der Waals surface area (Å²) in [6.45, 7) is -1.52. The van der Waals surface area contributed by atoms with Gasteiger partial charge < -0.3 is 10.1 Å². The molecule has 1 saturated heterocycles. The molecule has 2 aromatic carbocycles. The first kappa shape index (κ1) is 19.9. The summed E-state index contributed by atoms with van der Waals surface area (Å²) in [5, 5.41) is 17.7. The highest BCUT2D eigenvalue weighted by atomic mass is 19.3. The highest BCUT2D eigenvalue weighted by molar-refractivity contribution is 6.07. The molecule has 1 atom stereocenters. The maximum atomic E-state index is 12.8. The quantitative estimate of drug-likeness (QED) is 0.344. The van der Waals surface area contributed by atoms with Crippen LogP contribution in [0.2, 0.25) is 0 Å². The molecule has 29 heavy (non-hydrogen) atoms. The number of urea groups is 1. The Bertz CT molecular complexity index is 979. The van der Waals surface area contributed by atoms with Gasteiger partial charge in [0.05, 0.1) is 11.1 Å². The molecule has 1 N–H and O–H groups in total. The molecule has 0 aromatic heterocycles. The van der Waals surface area contributed by atoms with Crippen LogP contribution in [0.3, 0.4) is 0 Å². The lowest BCUT2D eigenvalue weighted by atomic mass is 9.92. The van der Waals surface area contributed by atoms with E-state index in [1.807, 2.05) is 0 Å². The zero-order valence-corrected chi connectivity index (χ0v) is 14.9. The topological polar surface area (TPSA) is 114 Å². The molecule has 0 radical (unpaired) electrons. The van der Waals surface area contributed by atoms with Gasteiger partial charge in [-0.15, -0.1) is 5.01 Å². The first-order valence-electron chi connectivity index (χ1n) is 8.21. The van der Waals surface area contributed by atoms with E-state index in [4.69, 9.17) is 0 Å². The molecule has 1 unspecified atom stereocenters. The molecular formula is C18H14F2N4O5. The third-order valence-corrected chi connectivity index (χ3v) is 4.25. The number of halogens is 2. The molecule has 0 aliphatic carbocycles. The standard InChI is InChI=1S/C18H14F2N4O5/c1-18(12-4-8-14(9-5-12)29-16(19)20)15(25)23(17(26)22-18)21-10-11-2-6-13(7-3-11)24(27)28/h2-10,16H,1H3,(H,22,26)/b21-10+. The van der Waals surface area contributed by atoms with Crippen LogP contribution in [0.5, 0.6) is 5.75 Å². The van der Waals surface area contributed by atoms with Crippen molar-refractivity contribution in [1.82, 2.24) is 10.3 Å². The minimum atomic E-state index is -2.98. The molecule has 0 bridgehead atoms. The molecule has 0 spiro atoms.